The van der Waals surface area contributed by atoms with Crippen LogP contribution in [0.2, 0.25) is 0 Å². The first-order valence-electron chi connectivity index (χ1n) is 8.00. The lowest BCUT2D eigenvalue weighted by molar-refractivity contribution is -0.101. The molecule has 0 atom stereocenters. The second-order valence-corrected chi connectivity index (χ2v) is 6.08. The molecule has 0 aromatic carbocycles. The summed E-state index contributed by atoms with van der Waals surface area (Å²) >= 11 is 0. The minimum absolute atomic E-state index is 0.177. The quantitative estimate of drug-likeness (QED) is 0.880. The van der Waals surface area contributed by atoms with Crippen LogP contribution < -0.4 is 10.6 Å². The van der Waals surface area contributed by atoms with Gasteiger partial charge in [0, 0.05) is 51.1 Å². The van der Waals surface area contributed by atoms with Crippen molar-refractivity contribution < 1.29 is 4.74 Å². The fraction of sp³-hybridized carbons (Fsp3) is 0.688. The van der Waals surface area contributed by atoms with Gasteiger partial charge in [-0.2, -0.15) is 0 Å². The van der Waals surface area contributed by atoms with E-state index in [1.165, 1.54) is 0 Å². The number of anilines is 1. The molecule has 116 valence electrons. The normalized spacial score (nSPS) is 30.2. The predicted molar refractivity (Wildman–Crippen MR) is 84.5 cm³/mol. The Morgan fingerprint density at radius 3 is 2.62 bits per heavy atom. The molecule has 1 aromatic heterocycles. The topological polar surface area (TPSA) is 54.6 Å². The summed E-state index contributed by atoms with van der Waals surface area (Å²) in [7, 11) is 0. The number of ether oxygens (including phenoxy) is 1. The molecule has 0 amide bonds. The standard InChI is InChI=1S/C16H26N4O/c1-2-21-14-11-16(12-14,13-17)20-9-7-19(8-10-20)15-5-3-4-6-18-15/h3-6,14H,2,7-13,17H2,1H3. The number of nitrogens with two attached hydrogens (primary N) is 1. The third-order valence-corrected chi connectivity index (χ3v) is 4.92. The second-order valence-electron chi connectivity index (χ2n) is 6.08. The highest BCUT2D eigenvalue weighted by molar-refractivity contribution is 5.38. The van der Waals surface area contributed by atoms with E-state index < -0.39 is 0 Å². The minimum Gasteiger partial charge on any atom is -0.378 e. The first kappa shape index (κ1) is 14.8. The molecule has 2 fully saturated rings. The lowest BCUT2D eigenvalue weighted by Gasteiger charge is -2.55. The molecule has 0 unspecified atom stereocenters. The lowest BCUT2D eigenvalue weighted by atomic mass is 9.72. The molecule has 1 aliphatic heterocycles. The maximum Gasteiger partial charge on any atom is 0.128 e. The largest absolute Gasteiger partial charge is 0.378 e. The van der Waals surface area contributed by atoms with Crippen molar-refractivity contribution in [3.05, 3.63) is 24.4 Å². The Morgan fingerprint density at radius 2 is 2.05 bits per heavy atom. The van der Waals surface area contributed by atoms with Gasteiger partial charge in [0.15, 0.2) is 0 Å². The number of hydrogen-bond acceptors (Lipinski definition) is 5. The van der Waals surface area contributed by atoms with E-state index in [-0.39, 0.29) is 5.54 Å². The van der Waals surface area contributed by atoms with Crippen molar-refractivity contribution in [2.45, 2.75) is 31.4 Å². The highest BCUT2D eigenvalue weighted by Crippen LogP contribution is 2.39. The van der Waals surface area contributed by atoms with Crippen molar-refractivity contribution in [2.24, 2.45) is 5.73 Å². The third-order valence-electron chi connectivity index (χ3n) is 4.92. The van der Waals surface area contributed by atoms with Gasteiger partial charge in [0.1, 0.15) is 5.82 Å². The fourth-order valence-corrected chi connectivity index (χ4v) is 3.65. The molecular weight excluding hydrogens is 264 g/mol. The number of pyridine rings is 1. The molecule has 1 saturated carbocycles. The van der Waals surface area contributed by atoms with E-state index in [1.54, 1.807) is 0 Å². The van der Waals surface area contributed by atoms with Crippen LogP contribution in [0.5, 0.6) is 0 Å². The Bertz CT molecular complexity index is 439. The Hall–Kier alpha value is -1.17. The van der Waals surface area contributed by atoms with Gasteiger partial charge in [-0.15, -0.1) is 0 Å². The summed E-state index contributed by atoms with van der Waals surface area (Å²) in [6, 6.07) is 6.10. The van der Waals surface area contributed by atoms with Crippen molar-refractivity contribution in [3.63, 3.8) is 0 Å². The zero-order valence-corrected chi connectivity index (χ0v) is 12.9. The summed E-state index contributed by atoms with van der Waals surface area (Å²) in [5.74, 6) is 1.08. The first-order chi connectivity index (χ1) is 10.3. The summed E-state index contributed by atoms with van der Waals surface area (Å²) in [5.41, 5.74) is 6.26. The van der Waals surface area contributed by atoms with Crippen LogP contribution in [0, 0.1) is 0 Å². The zero-order valence-electron chi connectivity index (χ0n) is 12.9. The minimum atomic E-state index is 0.177. The van der Waals surface area contributed by atoms with E-state index in [0.29, 0.717) is 6.10 Å². The van der Waals surface area contributed by atoms with Gasteiger partial charge in [-0.3, -0.25) is 4.90 Å². The van der Waals surface area contributed by atoms with Gasteiger partial charge in [-0.05, 0) is 31.9 Å². The highest BCUT2D eigenvalue weighted by Gasteiger charge is 2.48. The fourth-order valence-electron chi connectivity index (χ4n) is 3.65. The molecule has 1 aromatic rings. The Morgan fingerprint density at radius 1 is 1.29 bits per heavy atom. The average Bonchev–Trinajstić information content (AvgIpc) is 2.52. The summed E-state index contributed by atoms with van der Waals surface area (Å²) in [6.07, 6.45) is 4.44. The van der Waals surface area contributed by atoms with Crippen LogP contribution in [-0.4, -0.2) is 60.9 Å². The van der Waals surface area contributed by atoms with Crippen LogP contribution in [-0.2, 0) is 4.74 Å². The van der Waals surface area contributed by atoms with E-state index in [2.05, 4.69) is 33.8 Å². The van der Waals surface area contributed by atoms with Crippen LogP contribution in [0.4, 0.5) is 5.82 Å². The van der Waals surface area contributed by atoms with Crippen LogP contribution in [0.1, 0.15) is 19.8 Å². The van der Waals surface area contributed by atoms with Gasteiger partial charge in [-0.25, -0.2) is 4.98 Å². The molecule has 0 bridgehead atoms. The van der Waals surface area contributed by atoms with Gasteiger partial charge >= 0.3 is 0 Å². The summed E-state index contributed by atoms with van der Waals surface area (Å²) < 4.78 is 5.71. The molecular formula is C16H26N4O. The molecule has 21 heavy (non-hydrogen) atoms. The van der Waals surface area contributed by atoms with E-state index in [4.69, 9.17) is 10.5 Å². The van der Waals surface area contributed by atoms with Crippen molar-refractivity contribution in [1.82, 2.24) is 9.88 Å². The van der Waals surface area contributed by atoms with Gasteiger partial charge in [-0.1, -0.05) is 6.07 Å². The van der Waals surface area contributed by atoms with Crippen molar-refractivity contribution in [3.8, 4) is 0 Å². The van der Waals surface area contributed by atoms with Crippen LogP contribution in [0.15, 0.2) is 24.4 Å². The van der Waals surface area contributed by atoms with Crippen molar-refractivity contribution >= 4 is 5.82 Å². The molecule has 2 heterocycles. The Balaban J connectivity index is 1.56. The highest BCUT2D eigenvalue weighted by atomic mass is 16.5. The number of rotatable bonds is 5. The molecule has 0 spiro atoms. The first-order valence-corrected chi connectivity index (χ1v) is 8.00. The summed E-state index contributed by atoms with van der Waals surface area (Å²) in [5, 5.41) is 0. The summed E-state index contributed by atoms with van der Waals surface area (Å²) in [6.45, 7) is 7.78. The lowest BCUT2D eigenvalue weighted by Crippen LogP contribution is -2.67. The van der Waals surface area contributed by atoms with Gasteiger partial charge in [0.25, 0.3) is 0 Å². The number of nitrogens with zero attached hydrogens (tertiary/aromatic N) is 3. The average molecular weight is 290 g/mol. The SMILES string of the molecule is CCOC1CC(CN)(N2CCN(c3ccccn3)CC2)C1. The van der Waals surface area contributed by atoms with Gasteiger partial charge in [0.05, 0.1) is 6.10 Å². The molecule has 0 radical (unpaired) electrons. The van der Waals surface area contributed by atoms with E-state index in [0.717, 1.165) is 58.0 Å². The molecule has 5 nitrogen and oxygen atoms in total. The van der Waals surface area contributed by atoms with Crippen LogP contribution >= 0.6 is 0 Å². The maximum atomic E-state index is 6.08. The number of piperazine rings is 1. The smallest absolute Gasteiger partial charge is 0.128 e. The van der Waals surface area contributed by atoms with Gasteiger partial charge in [0.2, 0.25) is 0 Å². The van der Waals surface area contributed by atoms with Crippen molar-refractivity contribution in [1.29, 1.82) is 0 Å². The van der Waals surface area contributed by atoms with Gasteiger partial charge < -0.3 is 15.4 Å². The molecule has 3 rings (SSSR count). The second kappa shape index (κ2) is 6.30. The third kappa shape index (κ3) is 2.91. The Kier molecular flexibility index (Phi) is 4.42. The van der Waals surface area contributed by atoms with Crippen molar-refractivity contribution in [2.75, 3.05) is 44.2 Å². The molecule has 1 saturated heterocycles. The molecule has 1 aliphatic carbocycles. The Labute approximate surface area is 127 Å². The molecule has 2 N–H and O–H groups in total. The predicted octanol–water partition coefficient (Wildman–Crippen LogP) is 1.10. The van der Waals surface area contributed by atoms with E-state index in [1.807, 2.05) is 12.3 Å². The zero-order chi connectivity index (χ0) is 14.7. The van der Waals surface area contributed by atoms with E-state index in [9.17, 15) is 0 Å². The monoisotopic (exact) mass is 290 g/mol. The molecule has 2 aliphatic rings. The number of hydrogen-bond donors (Lipinski definition) is 1. The van der Waals surface area contributed by atoms with E-state index >= 15 is 0 Å². The molecule has 5 heteroatoms. The van der Waals surface area contributed by atoms with Crippen LogP contribution in [0.3, 0.4) is 0 Å². The number of aromatic nitrogens is 1. The summed E-state index contributed by atoms with van der Waals surface area (Å²) in [4.78, 5) is 9.37. The van der Waals surface area contributed by atoms with Crippen LogP contribution in [0.25, 0.3) is 0 Å². The maximum absolute atomic E-state index is 6.08.